The summed E-state index contributed by atoms with van der Waals surface area (Å²) in [4.78, 5) is 1.26. The van der Waals surface area contributed by atoms with E-state index in [0.717, 1.165) is 36.1 Å². The van der Waals surface area contributed by atoms with E-state index in [1.54, 1.807) is 6.92 Å². The summed E-state index contributed by atoms with van der Waals surface area (Å²) in [5.74, 6) is 0. The van der Waals surface area contributed by atoms with Gasteiger partial charge >= 0.3 is 0 Å². The van der Waals surface area contributed by atoms with E-state index in [4.69, 9.17) is 4.74 Å². The van der Waals surface area contributed by atoms with Crippen LogP contribution in [-0.4, -0.2) is 23.6 Å². The molecule has 1 saturated heterocycles. The molecule has 1 N–H and O–H groups in total. The molecule has 0 amide bonds. The lowest BCUT2D eigenvalue weighted by atomic mass is 10.1. The van der Waals surface area contributed by atoms with E-state index in [1.807, 2.05) is 17.8 Å². The Hall–Kier alpha value is -0.0300. The van der Waals surface area contributed by atoms with E-state index in [9.17, 15) is 5.11 Å². The molecule has 1 atom stereocenters. The van der Waals surface area contributed by atoms with Gasteiger partial charge < -0.3 is 9.84 Å². The highest BCUT2D eigenvalue weighted by atomic mass is 79.9. The smallest absolute Gasteiger partial charge is 0.0772 e. The molecular formula is C13H17BrO2S. The van der Waals surface area contributed by atoms with Crippen molar-refractivity contribution in [3.63, 3.8) is 0 Å². The zero-order valence-corrected chi connectivity index (χ0v) is 12.3. The van der Waals surface area contributed by atoms with Crippen LogP contribution in [0.2, 0.25) is 0 Å². The molecule has 1 aliphatic rings. The third-order valence-corrected chi connectivity index (χ3v) is 4.91. The van der Waals surface area contributed by atoms with Crippen LogP contribution in [0.4, 0.5) is 0 Å². The molecule has 17 heavy (non-hydrogen) atoms. The fourth-order valence-corrected chi connectivity index (χ4v) is 3.91. The summed E-state index contributed by atoms with van der Waals surface area (Å²) in [5, 5.41) is 10.2. The van der Waals surface area contributed by atoms with Gasteiger partial charge in [0.2, 0.25) is 0 Å². The van der Waals surface area contributed by atoms with Crippen LogP contribution in [0.1, 0.15) is 31.4 Å². The Bertz CT molecular complexity index is 376. The number of thioether (sulfide) groups is 1. The predicted octanol–water partition coefficient (Wildman–Crippen LogP) is 3.77. The van der Waals surface area contributed by atoms with Gasteiger partial charge in [-0.05, 0) is 37.5 Å². The van der Waals surface area contributed by atoms with Crippen molar-refractivity contribution in [2.45, 2.75) is 36.0 Å². The fraction of sp³-hybridized carbons (Fsp3) is 0.538. The number of rotatable bonds is 3. The Balaban J connectivity index is 2.04. The lowest BCUT2D eigenvalue weighted by Crippen LogP contribution is -2.17. The summed E-state index contributed by atoms with van der Waals surface area (Å²) in [7, 11) is 0. The summed E-state index contributed by atoms with van der Waals surface area (Å²) >= 11 is 5.42. The first-order valence-corrected chi connectivity index (χ1v) is 7.56. The molecule has 1 aromatic carbocycles. The van der Waals surface area contributed by atoms with Crippen LogP contribution in [0.5, 0.6) is 0 Å². The average Bonchev–Trinajstić information content (AvgIpc) is 2.30. The highest BCUT2D eigenvalue weighted by molar-refractivity contribution is 9.10. The molecule has 4 heteroatoms. The molecule has 0 bridgehead atoms. The van der Waals surface area contributed by atoms with Crippen LogP contribution < -0.4 is 0 Å². The molecule has 2 rings (SSSR count). The highest BCUT2D eigenvalue weighted by Crippen LogP contribution is 2.33. The van der Waals surface area contributed by atoms with Crippen molar-refractivity contribution in [2.75, 3.05) is 13.2 Å². The van der Waals surface area contributed by atoms with Crippen molar-refractivity contribution in [1.82, 2.24) is 0 Å². The summed E-state index contributed by atoms with van der Waals surface area (Å²) in [6.45, 7) is 3.54. The largest absolute Gasteiger partial charge is 0.389 e. The van der Waals surface area contributed by atoms with Crippen LogP contribution in [-0.2, 0) is 4.74 Å². The molecule has 2 nitrogen and oxygen atoms in total. The van der Waals surface area contributed by atoms with E-state index in [2.05, 4.69) is 28.1 Å². The first kappa shape index (κ1) is 13.4. The number of halogens is 1. The van der Waals surface area contributed by atoms with Gasteiger partial charge in [0.15, 0.2) is 0 Å². The molecule has 0 aliphatic carbocycles. The predicted molar refractivity (Wildman–Crippen MR) is 74.5 cm³/mol. The molecule has 0 radical (unpaired) electrons. The number of benzene rings is 1. The van der Waals surface area contributed by atoms with Crippen molar-refractivity contribution < 1.29 is 9.84 Å². The van der Waals surface area contributed by atoms with Gasteiger partial charge in [-0.25, -0.2) is 0 Å². The van der Waals surface area contributed by atoms with Crippen molar-refractivity contribution in [3.8, 4) is 0 Å². The number of hydrogen-bond donors (Lipinski definition) is 1. The lowest BCUT2D eigenvalue weighted by molar-refractivity contribution is 0.100. The monoisotopic (exact) mass is 316 g/mol. The van der Waals surface area contributed by atoms with Crippen LogP contribution in [0, 0.1) is 0 Å². The zero-order valence-electron chi connectivity index (χ0n) is 9.86. The van der Waals surface area contributed by atoms with E-state index >= 15 is 0 Å². The standard InChI is InChI=1S/C13H17BrO2S/c1-9(15)12-3-2-11(8-13(12)14)17-10-4-6-16-7-5-10/h2-3,8-10,15H,4-7H2,1H3. The molecule has 1 aromatic rings. The summed E-state index contributed by atoms with van der Waals surface area (Å²) < 4.78 is 6.35. The Morgan fingerprint density at radius 3 is 2.71 bits per heavy atom. The average molecular weight is 317 g/mol. The van der Waals surface area contributed by atoms with Gasteiger partial charge in [0, 0.05) is 27.8 Å². The zero-order chi connectivity index (χ0) is 12.3. The second kappa shape index (κ2) is 6.23. The summed E-state index contributed by atoms with van der Waals surface area (Å²) in [6, 6.07) is 6.19. The molecule has 1 unspecified atom stereocenters. The number of hydrogen-bond acceptors (Lipinski definition) is 3. The molecule has 1 aliphatic heterocycles. The van der Waals surface area contributed by atoms with Crippen molar-refractivity contribution in [2.24, 2.45) is 0 Å². The molecule has 1 fully saturated rings. The summed E-state index contributed by atoms with van der Waals surface area (Å²) in [6.07, 6.45) is 1.83. The van der Waals surface area contributed by atoms with E-state index < -0.39 is 6.10 Å². The van der Waals surface area contributed by atoms with E-state index in [-0.39, 0.29) is 0 Å². The third-order valence-electron chi connectivity index (χ3n) is 2.89. The first-order chi connectivity index (χ1) is 8.16. The highest BCUT2D eigenvalue weighted by Gasteiger charge is 2.15. The maximum atomic E-state index is 9.56. The maximum absolute atomic E-state index is 9.56. The van der Waals surface area contributed by atoms with Crippen LogP contribution >= 0.6 is 27.7 Å². The van der Waals surface area contributed by atoms with Crippen molar-refractivity contribution in [1.29, 1.82) is 0 Å². The molecule has 0 spiro atoms. The first-order valence-electron chi connectivity index (χ1n) is 5.88. The fourth-order valence-electron chi connectivity index (χ4n) is 1.91. The van der Waals surface area contributed by atoms with Crippen LogP contribution in [0.25, 0.3) is 0 Å². The number of aliphatic hydroxyl groups is 1. The quantitative estimate of drug-likeness (QED) is 0.920. The van der Waals surface area contributed by atoms with Crippen molar-refractivity contribution >= 4 is 27.7 Å². The van der Waals surface area contributed by atoms with Crippen molar-refractivity contribution in [3.05, 3.63) is 28.2 Å². The number of aliphatic hydroxyl groups excluding tert-OH is 1. The minimum Gasteiger partial charge on any atom is -0.389 e. The van der Waals surface area contributed by atoms with Gasteiger partial charge in [0.05, 0.1) is 6.10 Å². The Kier molecular flexibility index (Phi) is 4.91. The third kappa shape index (κ3) is 3.71. The van der Waals surface area contributed by atoms with Gasteiger partial charge in [-0.2, -0.15) is 0 Å². The molecule has 0 saturated carbocycles. The lowest BCUT2D eigenvalue weighted by Gasteiger charge is -2.21. The second-order valence-corrected chi connectivity index (χ2v) is 6.52. The van der Waals surface area contributed by atoms with Gasteiger partial charge in [0.25, 0.3) is 0 Å². The molecule has 94 valence electrons. The molecule has 1 heterocycles. The SMILES string of the molecule is CC(O)c1ccc(SC2CCOCC2)cc1Br. The summed E-state index contributed by atoms with van der Waals surface area (Å²) in [5.41, 5.74) is 0.946. The Morgan fingerprint density at radius 2 is 2.12 bits per heavy atom. The topological polar surface area (TPSA) is 29.5 Å². The van der Waals surface area contributed by atoms with Gasteiger partial charge in [0.1, 0.15) is 0 Å². The van der Waals surface area contributed by atoms with E-state index in [1.165, 1.54) is 4.90 Å². The molecular weight excluding hydrogens is 300 g/mol. The second-order valence-electron chi connectivity index (χ2n) is 4.29. The van der Waals surface area contributed by atoms with Crippen LogP contribution in [0.3, 0.4) is 0 Å². The minimum atomic E-state index is -0.425. The van der Waals surface area contributed by atoms with E-state index in [0.29, 0.717) is 5.25 Å². The minimum absolute atomic E-state index is 0.425. The normalized spacial score (nSPS) is 19.2. The van der Waals surface area contributed by atoms with Crippen LogP contribution in [0.15, 0.2) is 27.6 Å². The Labute approximate surface area is 115 Å². The Morgan fingerprint density at radius 1 is 1.41 bits per heavy atom. The van der Waals surface area contributed by atoms with Gasteiger partial charge in [-0.3, -0.25) is 0 Å². The van der Waals surface area contributed by atoms with Gasteiger partial charge in [-0.1, -0.05) is 22.0 Å². The maximum Gasteiger partial charge on any atom is 0.0772 e. The number of ether oxygens (including phenoxy) is 1. The van der Waals surface area contributed by atoms with Gasteiger partial charge in [-0.15, -0.1) is 11.8 Å². The molecule has 0 aromatic heterocycles.